The molecule has 0 spiro atoms. The number of carboxylic acid groups (broad SMARTS) is 1. The lowest BCUT2D eigenvalue weighted by Gasteiger charge is -2.14. The number of carbonyl (C=O) groups is 2. The Morgan fingerprint density at radius 2 is 1.95 bits per heavy atom. The minimum Gasteiger partial charge on any atom is -0.478 e. The van der Waals surface area contributed by atoms with Crippen molar-refractivity contribution in [2.24, 2.45) is 0 Å². The zero-order chi connectivity index (χ0) is 15.5. The fourth-order valence-corrected chi connectivity index (χ4v) is 1.92. The van der Waals surface area contributed by atoms with Gasteiger partial charge in [-0.1, -0.05) is 22.0 Å². The largest absolute Gasteiger partial charge is 0.478 e. The number of hydrogen-bond acceptors (Lipinski definition) is 2. The summed E-state index contributed by atoms with van der Waals surface area (Å²) >= 11 is 3.07. The Kier molecular flexibility index (Phi) is 5.10. The molecule has 1 N–H and O–H groups in total. The molecule has 1 atom stereocenters. The van der Waals surface area contributed by atoms with Crippen molar-refractivity contribution < 1.29 is 27.9 Å². The van der Waals surface area contributed by atoms with E-state index in [1.807, 2.05) is 0 Å². The maximum Gasteiger partial charge on any atom is 0.416 e. The summed E-state index contributed by atoms with van der Waals surface area (Å²) in [6.45, 7) is 1.28. The molecule has 0 aliphatic carbocycles. The van der Waals surface area contributed by atoms with Crippen LogP contribution >= 0.6 is 15.9 Å². The molecule has 0 aliphatic heterocycles. The molecule has 0 bridgehead atoms. The van der Waals surface area contributed by atoms with Gasteiger partial charge in [0.2, 0.25) is 0 Å². The van der Waals surface area contributed by atoms with E-state index in [1.54, 1.807) is 0 Å². The molecule has 108 valence electrons. The maximum absolute atomic E-state index is 12.6. The number of benzene rings is 1. The van der Waals surface area contributed by atoms with Crippen molar-refractivity contribution in [3.8, 4) is 0 Å². The first-order valence-corrected chi connectivity index (χ1v) is 6.31. The highest BCUT2D eigenvalue weighted by molar-refractivity contribution is 9.09. The van der Waals surface area contributed by atoms with E-state index >= 15 is 0 Å². The number of aliphatic carboxylic acids is 1. The van der Waals surface area contributed by atoms with Crippen LogP contribution in [0.2, 0.25) is 0 Å². The predicted octanol–water partition coefficient (Wildman–Crippen LogP) is 3.83. The molecule has 1 rings (SSSR count). The van der Waals surface area contributed by atoms with E-state index in [9.17, 15) is 22.8 Å². The Morgan fingerprint density at radius 1 is 1.35 bits per heavy atom. The quantitative estimate of drug-likeness (QED) is 0.663. The standard InChI is InChI=1S/C13H10BrF3O3/c1-7(18)12(14)10-4-3-9(13(15,16)17)6-8(10)2-5-11(19)20/h2-6,12H,1H3,(H,19,20). The van der Waals surface area contributed by atoms with E-state index in [4.69, 9.17) is 5.11 Å². The van der Waals surface area contributed by atoms with Crippen molar-refractivity contribution >= 4 is 33.8 Å². The van der Waals surface area contributed by atoms with Crippen LogP contribution in [0.5, 0.6) is 0 Å². The van der Waals surface area contributed by atoms with Gasteiger partial charge in [-0.2, -0.15) is 13.2 Å². The molecule has 0 aliphatic rings. The predicted molar refractivity (Wildman–Crippen MR) is 70.5 cm³/mol. The van der Waals surface area contributed by atoms with Crippen LogP contribution in [0.4, 0.5) is 13.2 Å². The van der Waals surface area contributed by atoms with Crippen LogP contribution in [-0.4, -0.2) is 16.9 Å². The number of ketones is 1. The molecular formula is C13H10BrF3O3. The molecule has 1 aromatic rings. The van der Waals surface area contributed by atoms with Crippen molar-refractivity contribution in [3.05, 3.63) is 41.0 Å². The van der Waals surface area contributed by atoms with E-state index < -0.39 is 22.5 Å². The van der Waals surface area contributed by atoms with E-state index in [-0.39, 0.29) is 16.9 Å². The first-order chi connectivity index (χ1) is 9.12. The fraction of sp³-hybridized carbons (Fsp3) is 0.231. The van der Waals surface area contributed by atoms with Gasteiger partial charge in [-0.25, -0.2) is 4.79 Å². The summed E-state index contributed by atoms with van der Waals surface area (Å²) in [6.07, 6.45) is -2.79. The summed E-state index contributed by atoms with van der Waals surface area (Å²) in [4.78, 5) is 21.0. The Hall–Kier alpha value is -1.63. The van der Waals surface area contributed by atoms with Gasteiger partial charge in [-0.3, -0.25) is 4.79 Å². The molecule has 0 heterocycles. The van der Waals surface area contributed by atoms with Crippen LogP contribution in [0.25, 0.3) is 6.08 Å². The lowest BCUT2D eigenvalue weighted by molar-refractivity contribution is -0.137. The normalized spacial score (nSPS) is 13.4. The Morgan fingerprint density at radius 3 is 2.40 bits per heavy atom. The first-order valence-electron chi connectivity index (χ1n) is 5.39. The number of rotatable bonds is 4. The lowest BCUT2D eigenvalue weighted by atomic mass is 9.99. The number of carbonyl (C=O) groups excluding carboxylic acids is 1. The second-order valence-electron chi connectivity index (χ2n) is 3.99. The molecule has 0 aromatic heterocycles. The van der Waals surface area contributed by atoms with Crippen molar-refractivity contribution in [2.75, 3.05) is 0 Å². The average Bonchev–Trinajstić information content (AvgIpc) is 2.33. The summed E-state index contributed by atoms with van der Waals surface area (Å²) in [6, 6.07) is 2.82. The molecule has 20 heavy (non-hydrogen) atoms. The topological polar surface area (TPSA) is 54.4 Å². The summed E-state index contributed by atoms with van der Waals surface area (Å²) in [7, 11) is 0. The number of carboxylic acids is 1. The molecule has 0 saturated heterocycles. The Bertz CT molecular complexity index is 564. The van der Waals surface area contributed by atoms with Crippen LogP contribution in [0, 0.1) is 0 Å². The fourth-order valence-electron chi connectivity index (χ4n) is 1.51. The molecule has 0 radical (unpaired) electrons. The molecule has 1 unspecified atom stereocenters. The second kappa shape index (κ2) is 6.21. The molecule has 1 aromatic carbocycles. The van der Waals surface area contributed by atoms with Gasteiger partial charge < -0.3 is 5.11 Å². The third-order valence-electron chi connectivity index (χ3n) is 2.45. The van der Waals surface area contributed by atoms with E-state index in [2.05, 4.69) is 15.9 Å². The summed E-state index contributed by atoms with van der Waals surface area (Å²) in [5.41, 5.74) is -0.600. The van der Waals surface area contributed by atoms with E-state index in [1.165, 1.54) is 6.92 Å². The monoisotopic (exact) mass is 350 g/mol. The van der Waals surface area contributed by atoms with Crippen molar-refractivity contribution in [2.45, 2.75) is 17.9 Å². The lowest BCUT2D eigenvalue weighted by Crippen LogP contribution is -2.08. The number of Topliss-reactive ketones (excluding diaryl/α,β-unsaturated/α-hetero) is 1. The SMILES string of the molecule is CC(=O)C(Br)c1ccc(C(F)(F)F)cc1C=CC(=O)O. The highest BCUT2D eigenvalue weighted by atomic mass is 79.9. The summed E-state index contributed by atoms with van der Waals surface area (Å²) in [5.74, 6) is -1.59. The van der Waals surface area contributed by atoms with Gasteiger partial charge in [0.1, 0.15) is 5.78 Å². The third-order valence-corrected chi connectivity index (χ3v) is 3.59. The van der Waals surface area contributed by atoms with Crippen molar-refractivity contribution in [1.82, 2.24) is 0 Å². The number of alkyl halides is 4. The molecule has 3 nitrogen and oxygen atoms in total. The summed E-state index contributed by atoms with van der Waals surface area (Å²) < 4.78 is 37.9. The number of halogens is 4. The van der Waals surface area contributed by atoms with Crippen molar-refractivity contribution in [3.63, 3.8) is 0 Å². The molecule has 0 saturated carbocycles. The molecule has 0 fully saturated rings. The zero-order valence-electron chi connectivity index (χ0n) is 10.2. The van der Waals surface area contributed by atoms with Gasteiger partial charge in [0.15, 0.2) is 0 Å². The molecular weight excluding hydrogens is 341 g/mol. The zero-order valence-corrected chi connectivity index (χ0v) is 11.8. The minimum absolute atomic E-state index is 0.0271. The van der Waals surface area contributed by atoms with Gasteiger partial charge in [0.05, 0.1) is 10.4 Å². The van der Waals surface area contributed by atoms with Crippen LogP contribution in [0.1, 0.15) is 28.4 Å². The highest BCUT2D eigenvalue weighted by Gasteiger charge is 2.31. The third kappa shape index (κ3) is 4.19. The Balaban J connectivity index is 3.37. The number of hydrogen-bond donors (Lipinski definition) is 1. The highest BCUT2D eigenvalue weighted by Crippen LogP contribution is 2.34. The van der Waals surface area contributed by atoms with Gasteiger partial charge in [0.25, 0.3) is 0 Å². The molecule has 7 heteroatoms. The maximum atomic E-state index is 12.6. The van der Waals surface area contributed by atoms with Gasteiger partial charge in [0, 0.05) is 6.08 Å². The first kappa shape index (κ1) is 16.4. The van der Waals surface area contributed by atoms with Crippen LogP contribution in [0.15, 0.2) is 24.3 Å². The van der Waals surface area contributed by atoms with E-state index in [0.29, 0.717) is 0 Å². The van der Waals surface area contributed by atoms with Crippen molar-refractivity contribution in [1.29, 1.82) is 0 Å². The van der Waals surface area contributed by atoms with Gasteiger partial charge in [-0.05, 0) is 36.3 Å². The van der Waals surface area contributed by atoms with Gasteiger partial charge >= 0.3 is 12.1 Å². The molecule has 0 amide bonds. The van der Waals surface area contributed by atoms with Gasteiger partial charge in [-0.15, -0.1) is 0 Å². The van der Waals surface area contributed by atoms with Crippen LogP contribution in [-0.2, 0) is 15.8 Å². The van der Waals surface area contributed by atoms with Crippen LogP contribution < -0.4 is 0 Å². The second-order valence-corrected chi connectivity index (χ2v) is 4.90. The summed E-state index contributed by atoms with van der Waals surface area (Å²) in [5, 5.41) is 8.55. The van der Waals surface area contributed by atoms with E-state index in [0.717, 1.165) is 30.4 Å². The smallest absolute Gasteiger partial charge is 0.416 e. The average molecular weight is 351 g/mol. The minimum atomic E-state index is -4.54. The van der Waals surface area contributed by atoms with Crippen LogP contribution in [0.3, 0.4) is 0 Å². The Labute approximate surface area is 121 Å².